The minimum atomic E-state index is -0.312. The lowest BCUT2D eigenvalue weighted by Crippen LogP contribution is -2.13. The third-order valence-electron chi connectivity index (χ3n) is 3.30. The molecule has 0 atom stereocenters. The number of pyridine rings is 1. The van der Waals surface area contributed by atoms with Gasteiger partial charge in [-0.15, -0.1) is 11.3 Å². The molecule has 6 nitrogen and oxygen atoms in total. The molecular weight excluding hydrogens is 326 g/mol. The van der Waals surface area contributed by atoms with Crippen molar-refractivity contribution in [2.45, 2.75) is 0 Å². The van der Waals surface area contributed by atoms with Gasteiger partial charge in [-0.25, -0.2) is 4.98 Å². The first-order valence-electron chi connectivity index (χ1n) is 7.10. The molecule has 0 fully saturated rings. The van der Waals surface area contributed by atoms with E-state index in [1.165, 1.54) is 11.3 Å². The fraction of sp³-hybridized carbons (Fsp3) is 0.118. The third kappa shape index (κ3) is 3.36. The van der Waals surface area contributed by atoms with Crippen LogP contribution in [-0.2, 0) is 0 Å². The molecule has 1 amide bonds. The second kappa shape index (κ2) is 7.10. The molecule has 1 aromatic carbocycles. The van der Waals surface area contributed by atoms with Gasteiger partial charge in [-0.1, -0.05) is 0 Å². The van der Waals surface area contributed by atoms with Gasteiger partial charge in [0.1, 0.15) is 22.2 Å². The van der Waals surface area contributed by atoms with Gasteiger partial charge in [0.25, 0.3) is 5.91 Å². The SMILES string of the molecule is COc1ccc(OC)c(NC(=O)c2csc(-c3cccnc3)n2)c1. The van der Waals surface area contributed by atoms with Crippen LogP contribution in [-0.4, -0.2) is 30.1 Å². The highest BCUT2D eigenvalue weighted by Gasteiger charge is 2.15. The Morgan fingerprint density at radius 3 is 2.79 bits per heavy atom. The summed E-state index contributed by atoms with van der Waals surface area (Å²) in [5, 5.41) is 5.26. The zero-order valence-corrected chi connectivity index (χ0v) is 14.0. The van der Waals surface area contributed by atoms with Crippen molar-refractivity contribution in [3.8, 4) is 22.1 Å². The smallest absolute Gasteiger partial charge is 0.275 e. The van der Waals surface area contributed by atoms with Crippen molar-refractivity contribution < 1.29 is 14.3 Å². The first-order valence-corrected chi connectivity index (χ1v) is 7.98. The fourth-order valence-electron chi connectivity index (χ4n) is 2.10. The summed E-state index contributed by atoms with van der Waals surface area (Å²) in [5.41, 5.74) is 1.74. The van der Waals surface area contributed by atoms with E-state index >= 15 is 0 Å². The number of aromatic nitrogens is 2. The summed E-state index contributed by atoms with van der Waals surface area (Å²) < 4.78 is 10.4. The Balaban J connectivity index is 1.82. The lowest BCUT2D eigenvalue weighted by Gasteiger charge is -2.10. The van der Waals surface area contributed by atoms with Gasteiger partial charge >= 0.3 is 0 Å². The molecule has 0 spiro atoms. The number of anilines is 1. The van der Waals surface area contributed by atoms with E-state index in [2.05, 4.69) is 15.3 Å². The average Bonchev–Trinajstić information content (AvgIpc) is 3.12. The Bertz CT molecular complexity index is 849. The van der Waals surface area contributed by atoms with Crippen LogP contribution < -0.4 is 14.8 Å². The minimum absolute atomic E-state index is 0.312. The molecule has 3 rings (SSSR count). The molecule has 0 radical (unpaired) electrons. The van der Waals surface area contributed by atoms with Gasteiger partial charge in [-0.05, 0) is 24.3 Å². The van der Waals surface area contributed by atoms with Gasteiger partial charge in [-0.2, -0.15) is 0 Å². The van der Waals surface area contributed by atoms with E-state index in [0.29, 0.717) is 22.9 Å². The number of amides is 1. The Morgan fingerprint density at radius 2 is 2.08 bits per heavy atom. The molecule has 1 N–H and O–H groups in total. The van der Waals surface area contributed by atoms with Crippen LogP contribution in [0.15, 0.2) is 48.1 Å². The molecule has 3 aromatic rings. The number of rotatable bonds is 5. The Morgan fingerprint density at radius 1 is 1.21 bits per heavy atom. The van der Waals surface area contributed by atoms with Crippen molar-refractivity contribution in [3.63, 3.8) is 0 Å². The molecular formula is C17H15N3O3S. The number of hydrogen-bond acceptors (Lipinski definition) is 6. The van der Waals surface area contributed by atoms with Gasteiger partial charge in [-0.3, -0.25) is 9.78 Å². The topological polar surface area (TPSA) is 73.3 Å². The highest BCUT2D eigenvalue weighted by atomic mass is 32.1. The van der Waals surface area contributed by atoms with E-state index in [9.17, 15) is 4.79 Å². The van der Waals surface area contributed by atoms with Crippen LogP contribution in [0.4, 0.5) is 5.69 Å². The molecule has 2 aromatic heterocycles. The summed E-state index contributed by atoms with van der Waals surface area (Å²) in [5.74, 6) is 0.861. The largest absolute Gasteiger partial charge is 0.497 e. The maximum absolute atomic E-state index is 12.4. The number of nitrogens with zero attached hydrogens (tertiary/aromatic N) is 2. The molecule has 0 saturated heterocycles. The van der Waals surface area contributed by atoms with Crippen molar-refractivity contribution in [2.24, 2.45) is 0 Å². The van der Waals surface area contributed by atoms with Crippen LogP contribution in [0, 0.1) is 0 Å². The molecule has 0 unspecified atom stereocenters. The average molecular weight is 341 g/mol. The number of ether oxygens (including phenoxy) is 2. The molecule has 122 valence electrons. The van der Waals surface area contributed by atoms with Crippen molar-refractivity contribution in [3.05, 3.63) is 53.8 Å². The van der Waals surface area contributed by atoms with Crippen LogP contribution >= 0.6 is 11.3 Å². The summed E-state index contributed by atoms with van der Waals surface area (Å²) in [6.07, 6.45) is 3.41. The van der Waals surface area contributed by atoms with Gasteiger partial charge in [0, 0.05) is 29.4 Å². The quantitative estimate of drug-likeness (QED) is 0.769. The standard InChI is InChI=1S/C17H15N3O3S/c1-22-12-5-6-15(23-2)13(8-12)19-16(21)14-10-24-17(20-14)11-4-3-7-18-9-11/h3-10H,1-2H3,(H,19,21). The van der Waals surface area contributed by atoms with E-state index in [4.69, 9.17) is 9.47 Å². The summed E-state index contributed by atoms with van der Waals surface area (Å²) in [6, 6.07) is 8.93. The van der Waals surface area contributed by atoms with Gasteiger partial charge in [0.05, 0.1) is 19.9 Å². The number of thiazole rings is 1. The highest BCUT2D eigenvalue weighted by Crippen LogP contribution is 2.30. The maximum atomic E-state index is 12.4. The highest BCUT2D eigenvalue weighted by molar-refractivity contribution is 7.13. The van der Waals surface area contributed by atoms with E-state index < -0.39 is 0 Å². The van der Waals surface area contributed by atoms with Crippen molar-refractivity contribution in [1.82, 2.24) is 9.97 Å². The van der Waals surface area contributed by atoms with E-state index in [-0.39, 0.29) is 5.91 Å². The maximum Gasteiger partial charge on any atom is 0.275 e. The number of carbonyl (C=O) groups excluding carboxylic acids is 1. The van der Waals surface area contributed by atoms with Gasteiger partial charge in [0.15, 0.2) is 0 Å². The Labute approximate surface area is 143 Å². The summed E-state index contributed by atoms with van der Waals surface area (Å²) in [4.78, 5) is 20.9. The molecule has 0 aliphatic heterocycles. The Hall–Kier alpha value is -2.93. The molecule has 0 saturated carbocycles. The van der Waals surface area contributed by atoms with Crippen LogP contribution in [0.2, 0.25) is 0 Å². The van der Waals surface area contributed by atoms with Crippen LogP contribution in [0.5, 0.6) is 11.5 Å². The third-order valence-corrected chi connectivity index (χ3v) is 4.19. The summed E-state index contributed by atoms with van der Waals surface area (Å²) >= 11 is 1.39. The van der Waals surface area contributed by atoms with Crippen LogP contribution in [0.25, 0.3) is 10.6 Å². The molecule has 24 heavy (non-hydrogen) atoms. The van der Waals surface area contributed by atoms with Crippen LogP contribution in [0.1, 0.15) is 10.5 Å². The lowest BCUT2D eigenvalue weighted by molar-refractivity contribution is 0.102. The van der Waals surface area contributed by atoms with E-state index in [0.717, 1.165) is 10.6 Å². The second-order valence-corrected chi connectivity index (χ2v) is 5.66. The van der Waals surface area contributed by atoms with Crippen molar-refractivity contribution in [2.75, 3.05) is 19.5 Å². The molecule has 7 heteroatoms. The summed E-state index contributed by atoms with van der Waals surface area (Å²) in [7, 11) is 3.11. The number of benzene rings is 1. The monoisotopic (exact) mass is 341 g/mol. The van der Waals surface area contributed by atoms with Crippen LogP contribution in [0.3, 0.4) is 0 Å². The molecule has 2 heterocycles. The lowest BCUT2D eigenvalue weighted by atomic mass is 10.2. The fourth-order valence-corrected chi connectivity index (χ4v) is 2.89. The zero-order valence-electron chi connectivity index (χ0n) is 13.1. The van der Waals surface area contributed by atoms with Gasteiger partial charge < -0.3 is 14.8 Å². The minimum Gasteiger partial charge on any atom is -0.497 e. The van der Waals surface area contributed by atoms with Gasteiger partial charge in [0.2, 0.25) is 0 Å². The van der Waals surface area contributed by atoms with E-state index in [1.807, 2.05) is 12.1 Å². The first kappa shape index (κ1) is 15.9. The number of methoxy groups -OCH3 is 2. The predicted octanol–water partition coefficient (Wildman–Crippen LogP) is 3.47. The number of hydrogen-bond donors (Lipinski definition) is 1. The zero-order chi connectivity index (χ0) is 16.9. The van der Waals surface area contributed by atoms with Crippen molar-refractivity contribution in [1.29, 1.82) is 0 Å². The predicted molar refractivity (Wildman–Crippen MR) is 92.8 cm³/mol. The van der Waals surface area contributed by atoms with E-state index in [1.54, 1.807) is 50.2 Å². The molecule has 0 aliphatic rings. The molecule has 0 aliphatic carbocycles. The van der Waals surface area contributed by atoms with Crippen molar-refractivity contribution >= 4 is 22.9 Å². The second-order valence-electron chi connectivity index (χ2n) is 4.80. The first-order chi connectivity index (χ1) is 11.7. The molecule has 0 bridgehead atoms. The Kier molecular flexibility index (Phi) is 4.72. The summed E-state index contributed by atoms with van der Waals surface area (Å²) in [6.45, 7) is 0. The normalized spacial score (nSPS) is 10.2. The number of carbonyl (C=O) groups is 1. The number of nitrogens with one attached hydrogen (secondary N) is 1.